The van der Waals surface area contributed by atoms with Crippen LogP contribution in [0.15, 0.2) is 12.3 Å². The molecule has 0 radical (unpaired) electrons. The number of anilines is 1. The zero-order valence-electron chi connectivity index (χ0n) is 17.2. The Morgan fingerprint density at radius 2 is 2.00 bits per heavy atom. The van der Waals surface area contributed by atoms with Gasteiger partial charge in [-0.05, 0) is 50.6 Å². The Balaban J connectivity index is 1.18. The van der Waals surface area contributed by atoms with E-state index in [2.05, 4.69) is 26.2 Å². The van der Waals surface area contributed by atoms with Crippen LogP contribution >= 0.6 is 0 Å². The van der Waals surface area contributed by atoms with E-state index < -0.39 is 0 Å². The van der Waals surface area contributed by atoms with Crippen LogP contribution in [0, 0.1) is 5.92 Å². The summed E-state index contributed by atoms with van der Waals surface area (Å²) in [4.78, 5) is 21.1. The van der Waals surface area contributed by atoms with Gasteiger partial charge in [0.15, 0.2) is 11.6 Å². The first-order chi connectivity index (χ1) is 13.7. The fraction of sp³-hybridized carbons (Fsp3) is 0.727. The van der Waals surface area contributed by atoms with E-state index >= 15 is 0 Å². The monoisotopic (exact) mass is 386 g/mol. The van der Waals surface area contributed by atoms with Crippen LogP contribution in [0.3, 0.4) is 0 Å². The first-order valence-electron chi connectivity index (χ1n) is 11.1. The van der Waals surface area contributed by atoms with E-state index in [1.54, 1.807) is 0 Å². The molecule has 1 amide bonds. The quantitative estimate of drug-likeness (QED) is 0.814. The topological polar surface area (TPSA) is 57.7 Å². The molecular formula is C22H34N4O2. The average Bonchev–Trinajstić information content (AvgIpc) is 3.22. The molecule has 0 spiro atoms. The zero-order valence-corrected chi connectivity index (χ0v) is 17.2. The molecule has 6 nitrogen and oxygen atoms in total. The molecule has 0 bridgehead atoms. The van der Waals surface area contributed by atoms with Crippen molar-refractivity contribution in [2.24, 2.45) is 5.92 Å². The van der Waals surface area contributed by atoms with Crippen molar-refractivity contribution in [2.45, 2.75) is 57.9 Å². The minimum absolute atomic E-state index is 0.199. The van der Waals surface area contributed by atoms with Crippen LogP contribution in [0.2, 0.25) is 0 Å². The van der Waals surface area contributed by atoms with Crippen molar-refractivity contribution in [1.29, 1.82) is 0 Å². The average molecular weight is 387 g/mol. The highest BCUT2D eigenvalue weighted by Gasteiger charge is 2.26. The number of nitrogens with one attached hydrogen (secondary N) is 1. The number of pyridine rings is 1. The van der Waals surface area contributed by atoms with Gasteiger partial charge in [0.05, 0.1) is 6.61 Å². The molecular weight excluding hydrogens is 352 g/mol. The number of hydrogen-bond donors (Lipinski definition) is 1. The molecule has 0 aromatic carbocycles. The Bertz CT molecular complexity index is 665. The summed E-state index contributed by atoms with van der Waals surface area (Å²) in [5.41, 5.74) is 1.30. The Hall–Kier alpha value is -1.82. The molecule has 3 heterocycles. The zero-order chi connectivity index (χ0) is 19.3. The lowest BCUT2D eigenvalue weighted by atomic mass is 9.84. The van der Waals surface area contributed by atoms with Gasteiger partial charge in [-0.3, -0.25) is 9.69 Å². The Labute approximate surface area is 168 Å². The molecule has 1 aliphatic carbocycles. The highest BCUT2D eigenvalue weighted by atomic mass is 16.5. The van der Waals surface area contributed by atoms with Crippen LogP contribution in [-0.4, -0.2) is 61.2 Å². The second kappa shape index (κ2) is 9.12. The third-order valence-corrected chi connectivity index (χ3v) is 6.64. The maximum absolute atomic E-state index is 11.6. The van der Waals surface area contributed by atoms with Crippen LogP contribution in [0.1, 0.15) is 51.0 Å². The van der Waals surface area contributed by atoms with E-state index in [0.29, 0.717) is 12.5 Å². The third kappa shape index (κ3) is 4.59. The largest absolute Gasteiger partial charge is 0.489 e. The van der Waals surface area contributed by atoms with Gasteiger partial charge in [0.2, 0.25) is 5.91 Å². The number of ether oxygens (including phenoxy) is 1. The Morgan fingerprint density at radius 3 is 2.75 bits per heavy atom. The molecule has 1 aromatic heterocycles. The number of carbonyl (C=O) groups excluding carboxylic acids is 1. The summed E-state index contributed by atoms with van der Waals surface area (Å²) in [7, 11) is 0. The van der Waals surface area contributed by atoms with Crippen molar-refractivity contribution in [3.63, 3.8) is 0 Å². The predicted molar refractivity (Wildman–Crippen MR) is 111 cm³/mol. The summed E-state index contributed by atoms with van der Waals surface area (Å²) in [6, 6.07) is 2.50. The van der Waals surface area contributed by atoms with Gasteiger partial charge in [-0.1, -0.05) is 6.92 Å². The number of aromatic nitrogens is 1. The van der Waals surface area contributed by atoms with Gasteiger partial charge in [0, 0.05) is 56.8 Å². The molecule has 3 aliphatic rings. The number of hydrogen-bond acceptors (Lipinski definition) is 5. The van der Waals surface area contributed by atoms with Gasteiger partial charge in [-0.25, -0.2) is 4.98 Å². The third-order valence-electron chi connectivity index (χ3n) is 6.64. The second-order valence-electron chi connectivity index (χ2n) is 8.48. The van der Waals surface area contributed by atoms with E-state index in [9.17, 15) is 4.79 Å². The van der Waals surface area contributed by atoms with E-state index in [1.807, 2.05) is 13.1 Å². The van der Waals surface area contributed by atoms with Crippen molar-refractivity contribution in [3.05, 3.63) is 17.8 Å². The summed E-state index contributed by atoms with van der Waals surface area (Å²) in [5, 5.41) is 3.16. The summed E-state index contributed by atoms with van der Waals surface area (Å²) < 4.78 is 5.83. The fourth-order valence-corrected chi connectivity index (χ4v) is 4.79. The van der Waals surface area contributed by atoms with E-state index in [0.717, 1.165) is 69.5 Å². The van der Waals surface area contributed by atoms with Gasteiger partial charge < -0.3 is 15.0 Å². The maximum atomic E-state index is 11.6. The van der Waals surface area contributed by atoms with Gasteiger partial charge >= 0.3 is 0 Å². The summed E-state index contributed by atoms with van der Waals surface area (Å²) in [6.07, 6.45) is 9.63. The molecule has 28 heavy (non-hydrogen) atoms. The molecule has 6 heteroatoms. The van der Waals surface area contributed by atoms with Crippen molar-refractivity contribution >= 4 is 11.7 Å². The van der Waals surface area contributed by atoms with E-state index in [-0.39, 0.29) is 5.91 Å². The number of piperazine rings is 1. The van der Waals surface area contributed by atoms with Crippen LogP contribution < -0.4 is 15.0 Å². The van der Waals surface area contributed by atoms with Crippen molar-refractivity contribution in [2.75, 3.05) is 44.2 Å². The predicted octanol–water partition coefficient (Wildman–Crippen LogP) is 2.61. The molecule has 2 fully saturated rings. The van der Waals surface area contributed by atoms with Crippen LogP contribution in [-0.2, 0) is 11.2 Å². The standard InChI is InChI=1S/C22H34N4O2/c1-2-20(27)24-19-5-3-17(4-6-19)8-11-25-12-14-26(15-13-25)22-21-18(7-10-23-22)9-16-28-21/h7,10,17,19H,2-6,8-9,11-16H2,1H3,(H,24,27). The highest BCUT2D eigenvalue weighted by Crippen LogP contribution is 2.34. The molecule has 4 rings (SSSR count). The van der Waals surface area contributed by atoms with Gasteiger partial charge in [0.25, 0.3) is 0 Å². The van der Waals surface area contributed by atoms with E-state index in [1.165, 1.54) is 31.4 Å². The van der Waals surface area contributed by atoms with Crippen LogP contribution in [0.4, 0.5) is 5.82 Å². The number of rotatable bonds is 6. The molecule has 154 valence electrons. The first-order valence-corrected chi connectivity index (χ1v) is 11.1. The number of nitrogens with zero attached hydrogens (tertiary/aromatic N) is 3. The molecule has 0 atom stereocenters. The summed E-state index contributed by atoms with van der Waals surface area (Å²) in [6.45, 7) is 8.18. The SMILES string of the molecule is CCC(=O)NC1CCC(CCN2CCN(c3nccc4c3OCC4)CC2)CC1. The minimum atomic E-state index is 0.199. The van der Waals surface area contributed by atoms with Gasteiger partial charge in [0.1, 0.15) is 0 Å². The lowest BCUT2D eigenvalue weighted by Gasteiger charge is -2.37. The van der Waals surface area contributed by atoms with Crippen LogP contribution in [0.5, 0.6) is 5.75 Å². The van der Waals surface area contributed by atoms with Crippen molar-refractivity contribution < 1.29 is 9.53 Å². The van der Waals surface area contributed by atoms with Crippen molar-refractivity contribution in [3.8, 4) is 5.75 Å². The van der Waals surface area contributed by atoms with Crippen LogP contribution in [0.25, 0.3) is 0 Å². The Morgan fingerprint density at radius 1 is 1.21 bits per heavy atom. The van der Waals surface area contributed by atoms with Gasteiger partial charge in [-0.15, -0.1) is 0 Å². The minimum Gasteiger partial charge on any atom is -0.489 e. The number of amides is 1. The molecule has 0 unspecified atom stereocenters. The molecule has 1 saturated heterocycles. The molecule has 2 aliphatic heterocycles. The molecule has 1 N–H and O–H groups in total. The number of carbonyl (C=O) groups is 1. The molecule has 1 saturated carbocycles. The van der Waals surface area contributed by atoms with Gasteiger partial charge in [-0.2, -0.15) is 0 Å². The van der Waals surface area contributed by atoms with Crippen molar-refractivity contribution in [1.82, 2.24) is 15.2 Å². The fourth-order valence-electron chi connectivity index (χ4n) is 4.79. The molecule has 1 aromatic rings. The second-order valence-corrected chi connectivity index (χ2v) is 8.48. The highest BCUT2D eigenvalue weighted by molar-refractivity contribution is 5.75. The first kappa shape index (κ1) is 19.5. The lowest BCUT2D eigenvalue weighted by Crippen LogP contribution is -2.47. The Kier molecular flexibility index (Phi) is 6.35. The van der Waals surface area contributed by atoms with E-state index in [4.69, 9.17) is 4.74 Å². The number of fused-ring (bicyclic) bond motifs is 1. The normalized spacial score (nSPS) is 25.2. The summed E-state index contributed by atoms with van der Waals surface area (Å²) in [5.74, 6) is 3.08. The summed E-state index contributed by atoms with van der Waals surface area (Å²) >= 11 is 0. The lowest BCUT2D eigenvalue weighted by molar-refractivity contribution is -0.121. The maximum Gasteiger partial charge on any atom is 0.219 e. The smallest absolute Gasteiger partial charge is 0.219 e.